The van der Waals surface area contributed by atoms with Crippen LogP contribution < -0.4 is 0 Å². The normalized spacial score (nSPS) is 50.5. The van der Waals surface area contributed by atoms with Crippen LogP contribution in [-0.4, -0.2) is 11.2 Å². The van der Waals surface area contributed by atoms with Gasteiger partial charge in [0.05, 0.1) is 6.10 Å². The smallest absolute Gasteiger partial charge is 0.0594 e. The molecule has 1 nitrogen and oxygen atoms in total. The molecule has 2 spiro atoms. The molecule has 0 amide bonds. The van der Waals surface area contributed by atoms with E-state index in [9.17, 15) is 5.11 Å². The third-order valence-corrected chi connectivity index (χ3v) is 14.3. The number of hydrogen-bond donors (Lipinski definition) is 1. The van der Waals surface area contributed by atoms with Gasteiger partial charge in [-0.2, -0.15) is 0 Å². The lowest BCUT2D eigenvalue weighted by atomic mass is 9.41. The van der Waals surface area contributed by atoms with Crippen molar-refractivity contribution >= 4 is 0 Å². The van der Waals surface area contributed by atoms with Crippen molar-refractivity contribution in [1.82, 2.24) is 0 Å². The molecule has 0 radical (unpaired) electrons. The summed E-state index contributed by atoms with van der Waals surface area (Å²) in [5.41, 5.74) is 3.78. The molecular formula is C33H56O. The van der Waals surface area contributed by atoms with Gasteiger partial charge in [-0.1, -0.05) is 67.5 Å². The minimum absolute atomic E-state index is 0.0921. The Kier molecular flexibility index (Phi) is 5.85. The number of hydrogen-bond acceptors (Lipinski definition) is 1. The van der Waals surface area contributed by atoms with Crippen molar-refractivity contribution in [2.75, 3.05) is 0 Å². The number of fused-ring (bicyclic) bond motifs is 2. The number of aliphatic hydroxyl groups is 1. The number of aliphatic hydroxyl groups excluding tert-OH is 1. The molecule has 5 saturated carbocycles. The molecule has 34 heavy (non-hydrogen) atoms. The minimum atomic E-state index is -0.0921. The second kappa shape index (κ2) is 7.85. The molecule has 0 aliphatic heterocycles. The first-order chi connectivity index (χ1) is 15.8. The molecule has 0 unspecified atom stereocenters. The van der Waals surface area contributed by atoms with Crippen molar-refractivity contribution < 1.29 is 5.11 Å². The van der Waals surface area contributed by atoms with Crippen LogP contribution in [0.15, 0.2) is 12.2 Å². The molecular weight excluding hydrogens is 412 g/mol. The van der Waals surface area contributed by atoms with Crippen LogP contribution >= 0.6 is 0 Å². The zero-order valence-electron chi connectivity index (χ0n) is 24.0. The molecule has 1 N–H and O–H groups in total. The van der Waals surface area contributed by atoms with E-state index >= 15 is 0 Å². The summed E-state index contributed by atoms with van der Waals surface area (Å²) in [5, 5.41) is 10.9. The van der Waals surface area contributed by atoms with Crippen LogP contribution in [-0.2, 0) is 0 Å². The zero-order chi connectivity index (χ0) is 24.9. The summed E-state index contributed by atoms with van der Waals surface area (Å²) in [5.74, 6) is 4.65. The monoisotopic (exact) mass is 468 g/mol. The van der Waals surface area contributed by atoms with E-state index in [0.717, 1.165) is 30.1 Å². The lowest BCUT2D eigenvalue weighted by molar-refractivity contribution is -0.161. The van der Waals surface area contributed by atoms with E-state index < -0.39 is 0 Å². The molecule has 1 heteroatoms. The van der Waals surface area contributed by atoms with Gasteiger partial charge in [0.1, 0.15) is 0 Å². The zero-order valence-corrected chi connectivity index (χ0v) is 24.0. The Morgan fingerprint density at radius 3 is 2.15 bits per heavy atom. The average molecular weight is 469 g/mol. The summed E-state index contributed by atoms with van der Waals surface area (Å²) in [6.45, 7) is 24.4. The predicted molar refractivity (Wildman–Crippen MR) is 144 cm³/mol. The summed E-state index contributed by atoms with van der Waals surface area (Å²) in [4.78, 5) is 0. The fraction of sp³-hybridized carbons (Fsp3) is 0.939. The van der Waals surface area contributed by atoms with Crippen molar-refractivity contribution in [2.45, 2.75) is 132 Å². The molecule has 0 bridgehead atoms. The molecule has 5 aliphatic carbocycles. The van der Waals surface area contributed by atoms with E-state index in [1.54, 1.807) is 0 Å². The van der Waals surface area contributed by atoms with E-state index in [2.05, 4.69) is 62.0 Å². The Balaban J connectivity index is 1.39. The highest BCUT2D eigenvalue weighted by molar-refractivity contribution is 5.30. The summed E-state index contributed by atoms with van der Waals surface area (Å²) in [6.07, 6.45) is 15.0. The standard InChI is InChI=1S/C33H56O/c1-10-24(23(5)21(2)3)19-22(4)25-13-15-31(9)27-12-11-26-29(6,7)28(34)14-16-32(26)20-33(27,32)18-17-30(25,31)8/h21-22,24-28,34H,5,10-20H2,1-4,6-9H3/t22-,24+,25-,26+,27+,28+,30-,31+,32-,33+/m1/s1. The molecule has 0 aromatic heterocycles. The van der Waals surface area contributed by atoms with Gasteiger partial charge in [-0.25, -0.2) is 0 Å². The van der Waals surface area contributed by atoms with Crippen molar-refractivity contribution in [3.63, 3.8) is 0 Å². The van der Waals surface area contributed by atoms with E-state index in [0.29, 0.717) is 33.5 Å². The molecule has 0 saturated heterocycles. The summed E-state index contributed by atoms with van der Waals surface area (Å²) >= 11 is 0. The Morgan fingerprint density at radius 1 is 0.853 bits per heavy atom. The molecule has 5 fully saturated rings. The van der Waals surface area contributed by atoms with Gasteiger partial charge in [0.25, 0.3) is 0 Å². The van der Waals surface area contributed by atoms with Gasteiger partial charge in [0.2, 0.25) is 0 Å². The molecule has 10 atom stereocenters. The van der Waals surface area contributed by atoms with Gasteiger partial charge >= 0.3 is 0 Å². The van der Waals surface area contributed by atoms with Crippen LogP contribution in [0.1, 0.15) is 126 Å². The third kappa shape index (κ3) is 3.01. The highest BCUT2D eigenvalue weighted by atomic mass is 16.3. The second-order valence-corrected chi connectivity index (χ2v) is 15.6. The van der Waals surface area contributed by atoms with E-state index in [1.165, 1.54) is 69.8 Å². The van der Waals surface area contributed by atoms with Crippen molar-refractivity contribution in [3.8, 4) is 0 Å². The molecule has 5 rings (SSSR count). The first-order valence-electron chi connectivity index (χ1n) is 15.2. The Labute approximate surface area is 211 Å². The maximum Gasteiger partial charge on any atom is 0.0594 e. The highest BCUT2D eigenvalue weighted by Crippen LogP contribution is 2.89. The predicted octanol–water partition coefficient (Wildman–Crippen LogP) is 9.05. The summed E-state index contributed by atoms with van der Waals surface area (Å²) in [7, 11) is 0. The van der Waals surface area contributed by atoms with Crippen molar-refractivity contribution in [2.24, 2.45) is 62.6 Å². The van der Waals surface area contributed by atoms with Gasteiger partial charge in [0.15, 0.2) is 0 Å². The van der Waals surface area contributed by atoms with Crippen LogP contribution in [0.4, 0.5) is 0 Å². The minimum Gasteiger partial charge on any atom is -0.393 e. The van der Waals surface area contributed by atoms with Gasteiger partial charge < -0.3 is 5.11 Å². The average Bonchev–Trinajstić information content (AvgIpc) is 3.36. The van der Waals surface area contributed by atoms with Crippen LogP contribution in [0.5, 0.6) is 0 Å². The van der Waals surface area contributed by atoms with Crippen LogP contribution in [0.2, 0.25) is 0 Å². The third-order valence-electron chi connectivity index (χ3n) is 14.3. The maximum absolute atomic E-state index is 10.9. The fourth-order valence-corrected chi connectivity index (χ4v) is 12.0. The summed E-state index contributed by atoms with van der Waals surface area (Å²) < 4.78 is 0. The molecule has 5 aliphatic rings. The Bertz CT molecular complexity index is 824. The Morgan fingerprint density at radius 2 is 1.50 bits per heavy atom. The maximum atomic E-state index is 10.9. The SMILES string of the molecule is C=C(C(C)C)[C@@H](CC)C[C@@H](C)[C@H]1CC[C@@]2(C)[C@@H]3CC[C@H]4C(C)(C)[C@@H](O)CC[C@@]45C[C@@]35CC[C@]12C. The van der Waals surface area contributed by atoms with E-state index in [1.807, 2.05) is 0 Å². The Hall–Kier alpha value is -0.300. The largest absolute Gasteiger partial charge is 0.393 e. The van der Waals surface area contributed by atoms with Crippen LogP contribution in [0, 0.1) is 62.6 Å². The summed E-state index contributed by atoms with van der Waals surface area (Å²) in [6, 6.07) is 0. The lowest BCUT2D eigenvalue weighted by Gasteiger charge is -2.63. The molecule has 194 valence electrons. The highest BCUT2D eigenvalue weighted by Gasteiger charge is 2.82. The first-order valence-corrected chi connectivity index (χ1v) is 15.2. The van der Waals surface area contributed by atoms with Crippen molar-refractivity contribution in [3.05, 3.63) is 12.2 Å². The quantitative estimate of drug-likeness (QED) is 0.385. The van der Waals surface area contributed by atoms with E-state index in [-0.39, 0.29) is 11.5 Å². The van der Waals surface area contributed by atoms with E-state index in [4.69, 9.17) is 0 Å². The van der Waals surface area contributed by atoms with Crippen LogP contribution in [0.25, 0.3) is 0 Å². The molecule has 0 heterocycles. The van der Waals surface area contributed by atoms with Gasteiger partial charge in [0, 0.05) is 0 Å². The number of rotatable bonds is 6. The van der Waals surface area contributed by atoms with Gasteiger partial charge in [-0.3, -0.25) is 0 Å². The van der Waals surface area contributed by atoms with Gasteiger partial charge in [-0.05, 0) is 133 Å². The van der Waals surface area contributed by atoms with Gasteiger partial charge in [-0.15, -0.1) is 0 Å². The first kappa shape index (κ1) is 25.4. The second-order valence-electron chi connectivity index (χ2n) is 15.6. The molecule has 0 aromatic carbocycles. The van der Waals surface area contributed by atoms with Crippen LogP contribution in [0.3, 0.4) is 0 Å². The number of allylic oxidation sites excluding steroid dienone is 1. The topological polar surface area (TPSA) is 20.2 Å². The molecule has 0 aromatic rings. The lowest BCUT2D eigenvalue weighted by Crippen LogP contribution is -2.57. The fourth-order valence-electron chi connectivity index (χ4n) is 12.0. The van der Waals surface area contributed by atoms with Crippen molar-refractivity contribution in [1.29, 1.82) is 0 Å².